The third kappa shape index (κ3) is 5.17. The number of hydrogen-bond donors (Lipinski definition) is 2. The van der Waals surface area contributed by atoms with Crippen molar-refractivity contribution in [1.29, 1.82) is 0 Å². The number of carbonyl (C=O) groups excluding carboxylic acids is 1. The molecule has 0 fully saturated rings. The van der Waals surface area contributed by atoms with Crippen LogP contribution in [0.2, 0.25) is 0 Å². The Kier molecular flexibility index (Phi) is 5.73. The molecular formula is C20H26N2O2. The van der Waals surface area contributed by atoms with Crippen molar-refractivity contribution in [3.05, 3.63) is 65.0 Å². The predicted octanol–water partition coefficient (Wildman–Crippen LogP) is 3.08. The van der Waals surface area contributed by atoms with E-state index in [0.717, 1.165) is 16.8 Å². The van der Waals surface area contributed by atoms with Crippen molar-refractivity contribution in [2.75, 3.05) is 6.54 Å². The Hall–Kier alpha value is -2.20. The van der Waals surface area contributed by atoms with Crippen LogP contribution in [-0.2, 0) is 16.6 Å². The van der Waals surface area contributed by atoms with E-state index in [2.05, 4.69) is 31.1 Å². The molecule has 0 radical (unpaired) electrons. The Morgan fingerprint density at radius 2 is 1.83 bits per heavy atom. The first-order chi connectivity index (χ1) is 11.3. The number of aliphatic hydroxyl groups is 1. The summed E-state index contributed by atoms with van der Waals surface area (Å²) in [5, 5.41) is 13.0. The molecule has 2 N–H and O–H groups in total. The molecule has 1 atom stereocenters. The minimum atomic E-state index is -0.709. The van der Waals surface area contributed by atoms with Crippen LogP contribution in [0.25, 0.3) is 0 Å². The number of amides is 1. The van der Waals surface area contributed by atoms with E-state index in [1.54, 1.807) is 6.20 Å². The molecule has 1 aromatic carbocycles. The predicted molar refractivity (Wildman–Crippen MR) is 95.8 cm³/mol. The van der Waals surface area contributed by atoms with Crippen molar-refractivity contribution in [3.8, 4) is 0 Å². The number of nitrogens with zero attached hydrogens (tertiary/aromatic N) is 1. The molecule has 2 aromatic rings. The van der Waals surface area contributed by atoms with Gasteiger partial charge in [0.25, 0.3) is 0 Å². The molecule has 4 nitrogen and oxygen atoms in total. The summed E-state index contributed by atoms with van der Waals surface area (Å²) >= 11 is 0. The maximum atomic E-state index is 12.0. The Balaban J connectivity index is 1.87. The number of benzene rings is 1. The highest BCUT2D eigenvalue weighted by atomic mass is 16.3. The van der Waals surface area contributed by atoms with Gasteiger partial charge in [-0.3, -0.25) is 9.78 Å². The summed E-state index contributed by atoms with van der Waals surface area (Å²) in [5.41, 5.74) is 3.89. The van der Waals surface area contributed by atoms with Gasteiger partial charge < -0.3 is 10.4 Å². The lowest BCUT2D eigenvalue weighted by atomic mass is 9.86. The first-order valence-electron chi connectivity index (χ1n) is 8.22. The van der Waals surface area contributed by atoms with Crippen LogP contribution >= 0.6 is 0 Å². The minimum absolute atomic E-state index is 0.0831. The number of aryl methyl sites for hydroxylation is 1. The second-order valence-electron chi connectivity index (χ2n) is 7.18. The Morgan fingerprint density at radius 1 is 1.17 bits per heavy atom. The summed E-state index contributed by atoms with van der Waals surface area (Å²) in [6.45, 7) is 8.56. The zero-order valence-corrected chi connectivity index (χ0v) is 14.8. The minimum Gasteiger partial charge on any atom is -0.387 e. The Labute approximate surface area is 143 Å². The van der Waals surface area contributed by atoms with E-state index < -0.39 is 6.10 Å². The van der Waals surface area contributed by atoms with Gasteiger partial charge in [0.05, 0.1) is 12.5 Å². The van der Waals surface area contributed by atoms with Gasteiger partial charge in [-0.2, -0.15) is 0 Å². The third-order valence-corrected chi connectivity index (χ3v) is 3.99. The molecule has 0 spiro atoms. The van der Waals surface area contributed by atoms with Crippen LogP contribution < -0.4 is 5.32 Å². The normalized spacial score (nSPS) is 12.7. The molecule has 1 amide bonds. The molecule has 0 bridgehead atoms. The van der Waals surface area contributed by atoms with E-state index in [4.69, 9.17) is 0 Å². The molecule has 1 heterocycles. The van der Waals surface area contributed by atoms with Gasteiger partial charge in [0.2, 0.25) is 5.91 Å². The van der Waals surface area contributed by atoms with Crippen molar-refractivity contribution in [3.63, 3.8) is 0 Å². The molecule has 0 saturated heterocycles. The first kappa shape index (κ1) is 18.1. The van der Waals surface area contributed by atoms with Gasteiger partial charge in [-0.1, -0.05) is 51.1 Å². The van der Waals surface area contributed by atoms with Crippen LogP contribution in [0.1, 0.15) is 49.3 Å². The van der Waals surface area contributed by atoms with Crippen LogP contribution in [0.3, 0.4) is 0 Å². The fourth-order valence-corrected chi connectivity index (χ4v) is 2.38. The van der Waals surface area contributed by atoms with Gasteiger partial charge in [-0.15, -0.1) is 0 Å². The van der Waals surface area contributed by atoms with Gasteiger partial charge in [0, 0.05) is 18.4 Å². The largest absolute Gasteiger partial charge is 0.387 e. The number of nitrogens with one attached hydrogen (secondary N) is 1. The molecule has 0 saturated carbocycles. The number of carbonyl (C=O) groups is 1. The number of aliphatic hydroxyl groups excluding tert-OH is 1. The molecule has 0 aliphatic rings. The lowest BCUT2D eigenvalue weighted by molar-refractivity contribution is -0.120. The van der Waals surface area contributed by atoms with Gasteiger partial charge in [0.15, 0.2) is 0 Å². The number of pyridine rings is 1. The summed E-state index contributed by atoms with van der Waals surface area (Å²) in [6.07, 6.45) is 1.26. The lowest BCUT2D eigenvalue weighted by Crippen LogP contribution is -2.29. The lowest BCUT2D eigenvalue weighted by Gasteiger charge is -2.20. The molecule has 0 aliphatic carbocycles. The Morgan fingerprint density at radius 3 is 2.38 bits per heavy atom. The second kappa shape index (κ2) is 7.58. The van der Waals surface area contributed by atoms with Crippen LogP contribution in [-0.4, -0.2) is 22.5 Å². The average molecular weight is 326 g/mol. The van der Waals surface area contributed by atoms with Gasteiger partial charge in [0.1, 0.15) is 0 Å². The Bertz CT molecular complexity index is 670. The summed E-state index contributed by atoms with van der Waals surface area (Å²) in [4.78, 5) is 16.1. The van der Waals surface area contributed by atoms with E-state index in [-0.39, 0.29) is 24.3 Å². The standard InChI is InChI=1S/C20H26N2O2/c1-14-5-6-15(12-21-14)11-19(24)22-13-18(23)16-7-9-17(10-8-16)20(2,3)4/h5-10,12,18,23H,11,13H2,1-4H3,(H,22,24). The van der Waals surface area contributed by atoms with Crippen LogP contribution in [0.15, 0.2) is 42.6 Å². The molecular weight excluding hydrogens is 300 g/mol. The van der Waals surface area contributed by atoms with Gasteiger partial charge in [-0.25, -0.2) is 0 Å². The topological polar surface area (TPSA) is 62.2 Å². The highest BCUT2D eigenvalue weighted by Crippen LogP contribution is 2.23. The van der Waals surface area contributed by atoms with E-state index in [0.29, 0.717) is 0 Å². The van der Waals surface area contributed by atoms with Crippen molar-refractivity contribution in [2.24, 2.45) is 0 Å². The van der Waals surface area contributed by atoms with Crippen molar-refractivity contribution >= 4 is 5.91 Å². The van der Waals surface area contributed by atoms with E-state index in [9.17, 15) is 9.90 Å². The average Bonchev–Trinajstić information content (AvgIpc) is 2.54. The fraction of sp³-hybridized carbons (Fsp3) is 0.400. The molecule has 2 rings (SSSR count). The summed E-state index contributed by atoms with van der Waals surface area (Å²) in [5.74, 6) is -0.119. The molecule has 128 valence electrons. The smallest absolute Gasteiger partial charge is 0.224 e. The molecule has 1 unspecified atom stereocenters. The second-order valence-corrected chi connectivity index (χ2v) is 7.18. The van der Waals surface area contributed by atoms with E-state index in [1.165, 1.54) is 5.56 Å². The first-order valence-corrected chi connectivity index (χ1v) is 8.22. The SMILES string of the molecule is Cc1ccc(CC(=O)NCC(O)c2ccc(C(C)(C)C)cc2)cn1. The monoisotopic (exact) mass is 326 g/mol. The molecule has 1 aromatic heterocycles. The van der Waals surface area contributed by atoms with Crippen LogP contribution in [0.5, 0.6) is 0 Å². The molecule has 0 aliphatic heterocycles. The van der Waals surface area contributed by atoms with Gasteiger partial charge in [-0.05, 0) is 35.1 Å². The number of rotatable bonds is 5. The quantitative estimate of drug-likeness (QED) is 0.887. The van der Waals surface area contributed by atoms with Crippen molar-refractivity contribution in [2.45, 2.75) is 45.6 Å². The third-order valence-electron chi connectivity index (χ3n) is 3.99. The highest BCUT2D eigenvalue weighted by Gasteiger charge is 2.15. The number of hydrogen-bond acceptors (Lipinski definition) is 3. The summed E-state index contributed by atoms with van der Waals surface area (Å²) in [7, 11) is 0. The summed E-state index contributed by atoms with van der Waals surface area (Å²) < 4.78 is 0. The van der Waals surface area contributed by atoms with Crippen molar-refractivity contribution < 1.29 is 9.90 Å². The van der Waals surface area contributed by atoms with Crippen molar-refractivity contribution in [1.82, 2.24) is 10.3 Å². The van der Waals surface area contributed by atoms with Gasteiger partial charge >= 0.3 is 0 Å². The molecule has 24 heavy (non-hydrogen) atoms. The van der Waals surface area contributed by atoms with E-state index in [1.807, 2.05) is 43.3 Å². The highest BCUT2D eigenvalue weighted by molar-refractivity contribution is 5.78. The zero-order chi connectivity index (χ0) is 17.7. The maximum Gasteiger partial charge on any atom is 0.224 e. The van der Waals surface area contributed by atoms with Crippen LogP contribution in [0, 0.1) is 6.92 Å². The summed E-state index contributed by atoms with van der Waals surface area (Å²) in [6, 6.07) is 11.7. The zero-order valence-electron chi connectivity index (χ0n) is 14.8. The van der Waals surface area contributed by atoms with E-state index >= 15 is 0 Å². The fourth-order valence-electron chi connectivity index (χ4n) is 2.38. The number of aromatic nitrogens is 1. The maximum absolute atomic E-state index is 12.0. The van der Waals surface area contributed by atoms with Crippen LogP contribution in [0.4, 0.5) is 0 Å². The molecule has 4 heteroatoms.